The van der Waals surface area contributed by atoms with Crippen molar-refractivity contribution in [1.82, 2.24) is 9.97 Å². The summed E-state index contributed by atoms with van der Waals surface area (Å²) in [6.07, 6.45) is 1.43. The SMILES string of the molecule is CCNc1nc(Nc2cccc(-c3ccsc3)c2)ncc1C(N)=O. The first-order valence-corrected chi connectivity index (χ1v) is 8.42. The number of aromatic nitrogens is 2. The number of primary amides is 1. The minimum Gasteiger partial charge on any atom is -0.370 e. The summed E-state index contributed by atoms with van der Waals surface area (Å²) >= 11 is 1.66. The minimum atomic E-state index is -0.558. The van der Waals surface area contributed by atoms with Gasteiger partial charge in [-0.1, -0.05) is 12.1 Å². The zero-order valence-electron chi connectivity index (χ0n) is 13.1. The van der Waals surface area contributed by atoms with E-state index in [9.17, 15) is 4.79 Å². The summed E-state index contributed by atoms with van der Waals surface area (Å²) in [5.74, 6) is 0.270. The van der Waals surface area contributed by atoms with Crippen molar-refractivity contribution >= 4 is 34.7 Å². The van der Waals surface area contributed by atoms with E-state index in [1.807, 2.05) is 36.6 Å². The summed E-state index contributed by atoms with van der Waals surface area (Å²) in [5.41, 5.74) is 8.77. The van der Waals surface area contributed by atoms with E-state index in [-0.39, 0.29) is 5.56 Å². The maximum absolute atomic E-state index is 11.4. The Balaban J connectivity index is 1.87. The molecule has 2 heterocycles. The molecule has 0 aliphatic carbocycles. The molecule has 0 saturated heterocycles. The van der Waals surface area contributed by atoms with Gasteiger partial charge < -0.3 is 16.4 Å². The minimum absolute atomic E-state index is 0.273. The molecule has 0 saturated carbocycles. The summed E-state index contributed by atoms with van der Waals surface area (Å²) in [5, 5.41) is 10.3. The van der Waals surface area contributed by atoms with Gasteiger partial charge in [0.1, 0.15) is 5.82 Å². The normalized spacial score (nSPS) is 10.4. The highest BCUT2D eigenvalue weighted by Gasteiger charge is 2.11. The number of nitrogens with zero attached hydrogens (tertiary/aromatic N) is 2. The van der Waals surface area contributed by atoms with Gasteiger partial charge in [-0.25, -0.2) is 4.98 Å². The Morgan fingerprint density at radius 1 is 1.29 bits per heavy atom. The lowest BCUT2D eigenvalue weighted by Crippen LogP contribution is -2.16. The van der Waals surface area contributed by atoms with Crippen LogP contribution in [0.5, 0.6) is 0 Å². The molecule has 0 atom stereocenters. The van der Waals surface area contributed by atoms with E-state index in [2.05, 4.69) is 32.0 Å². The van der Waals surface area contributed by atoms with Crippen molar-refractivity contribution in [3.63, 3.8) is 0 Å². The number of anilines is 3. The molecule has 122 valence electrons. The Hall–Kier alpha value is -2.93. The zero-order valence-corrected chi connectivity index (χ0v) is 13.9. The fraction of sp³-hybridized carbons (Fsp3) is 0.118. The van der Waals surface area contributed by atoms with Crippen molar-refractivity contribution in [2.45, 2.75) is 6.92 Å². The second-order valence-electron chi connectivity index (χ2n) is 5.07. The number of nitrogens with one attached hydrogen (secondary N) is 2. The number of thiophene rings is 1. The van der Waals surface area contributed by atoms with Crippen LogP contribution in [0.1, 0.15) is 17.3 Å². The van der Waals surface area contributed by atoms with E-state index in [0.29, 0.717) is 18.3 Å². The molecule has 0 fully saturated rings. The number of rotatable bonds is 6. The van der Waals surface area contributed by atoms with E-state index in [1.165, 1.54) is 11.8 Å². The lowest BCUT2D eigenvalue weighted by Gasteiger charge is -2.10. The largest absolute Gasteiger partial charge is 0.370 e. The second-order valence-corrected chi connectivity index (χ2v) is 5.85. The van der Waals surface area contributed by atoms with Crippen LogP contribution in [0.15, 0.2) is 47.3 Å². The molecule has 24 heavy (non-hydrogen) atoms. The van der Waals surface area contributed by atoms with Crippen molar-refractivity contribution < 1.29 is 4.79 Å². The molecule has 6 nitrogen and oxygen atoms in total. The first-order valence-electron chi connectivity index (χ1n) is 7.47. The summed E-state index contributed by atoms with van der Waals surface area (Å²) in [6.45, 7) is 2.55. The summed E-state index contributed by atoms with van der Waals surface area (Å²) in [6, 6.07) is 10.1. The van der Waals surface area contributed by atoms with E-state index in [4.69, 9.17) is 5.73 Å². The molecule has 0 aliphatic heterocycles. The van der Waals surface area contributed by atoms with Crippen molar-refractivity contribution in [2.24, 2.45) is 5.73 Å². The molecule has 1 amide bonds. The van der Waals surface area contributed by atoms with Crippen LogP contribution < -0.4 is 16.4 Å². The zero-order chi connectivity index (χ0) is 16.9. The highest BCUT2D eigenvalue weighted by atomic mass is 32.1. The number of nitrogens with two attached hydrogens (primary N) is 1. The molecular formula is C17H17N5OS. The third-order valence-electron chi connectivity index (χ3n) is 3.37. The van der Waals surface area contributed by atoms with E-state index in [1.54, 1.807) is 11.3 Å². The predicted octanol–water partition coefficient (Wildman–Crippen LogP) is 3.48. The third kappa shape index (κ3) is 3.52. The van der Waals surface area contributed by atoms with Gasteiger partial charge in [-0.05, 0) is 47.0 Å². The van der Waals surface area contributed by atoms with Gasteiger partial charge in [-0.15, -0.1) is 0 Å². The lowest BCUT2D eigenvalue weighted by molar-refractivity contribution is 0.100. The fourth-order valence-electron chi connectivity index (χ4n) is 2.26. The summed E-state index contributed by atoms with van der Waals surface area (Å²) in [7, 11) is 0. The maximum atomic E-state index is 11.4. The smallest absolute Gasteiger partial charge is 0.254 e. The Bertz CT molecular complexity index is 848. The predicted molar refractivity (Wildman–Crippen MR) is 97.8 cm³/mol. The van der Waals surface area contributed by atoms with Crippen LogP contribution >= 0.6 is 11.3 Å². The Labute approximate surface area is 143 Å². The first-order chi connectivity index (χ1) is 11.7. The summed E-state index contributed by atoms with van der Waals surface area (Å²) in [4.78, 5) is 19.9. The molecule has 2 aromatic heterocycles. The Morgan fingerprint density at radius 3 is 2.88 bits per heavy atom. The average molecular weight is 339 g/mol. The van der Waals surface area contributed by atoms with E-state index < -0.39 is 5.91 Å². The molecule has 0 radical (unpaired) electrons. The number of carbonyl (C=O) groups is 1. The first kappa shape index (κ1) is 15.9. The molecular weight excluding hydrogens is 322 g/mol. The number of amides is 1. The van der Waals surface area contributed by atoms with Crippen molar-refractivity contribution in [3.05, 3.63) is 52.9 Å². The maximum Gasteiger partial charge on any atom is 0.254 e. The van der Waals surface area contributed by atoms with Crippen molar-refractivity contribution in [3.8, 4) is 11.1 Å². The van der Waals surface area contributed by atoms with Gasteiger partial charge in [0.2, 0.25) is 5.95 Å². The van der Waals surface area contributed by atoms with Crippen molar-refractivity contribution in [1.29, 1.82) is 0 Å². The van der Waals surface area contributed by atoms with Gasteiger partial charge in [0, 0.05) is 18.4 Å². The molecule has 0 bridgehead atoms. The lowest BCUT2D eigenvalue weighted by atomic mass is 10.1. The monoisotopic (exact) mass is 339 g/mol. The third-order valence-corrected chi connectivity index (χ3v) is 4.05. The van der Waals surface area contributed by atoms with E-state index >= 15 is 0 Å². The summed E-state index contributed by atoms with van der Waals surface area (Å²) < 4.78 is 0. The second kappa shape index (κ2) is 7.10. The molecule has 0 aliphatic rings. The standard InChI is InChI=1S/C17H17N5OS/c1-2-19-16-14(15(18)23)9-20-17(22-16)21-13-5-3-4-11(8-13)12-6-7-24-10-12/h3-10H,2H2,1H3,(H2,18,23)(H2,19,20,21,22). The highest BCUT2D eigenvalue weighted by molar-refractivity contribution is 7.08. The molecule has 0 spiro atoms. The van der Waals surface area contributed by atoms with Gasteiger partial charge in [-0.2, -0.15) is 16.3 Å². The Kier molecular flexibility index (Phi) is 4.72. The number of benzene rings is 1. The Morgan fingerprint density at radius 2 is 2.17 bits per heavy atom. The van der Waals surface area contributed by atoms with E-state index in [0.717, 1.165) is 11.3 Å². The quantitative estimate of drug-likeness (QED) is 0.639. The molecule has 3 rings (SSSR count). The van der Waals surface area contributed by atoms with Gasteiger partial charge in [0.25, 0.3) is 5.91 Å². The molecule has 7 heteroatoms. The van der Waals surface area contributed by atoms with Crippen LogP contribution in [-0.4, -0.2) is 22.4 Å². The highest BCUT2D eigenvalue weighted by Crippen LogP contribution is 2.26. The number of hydrogen-bond acceptors (Lipinski definition) is 6. The average Bonchev–Trinajstić information content (AvgIpc) is 3.10. The van der Waals surface area contributed by atoms with Crippen LogP contribution in [-0.2, 0) is 0 Å². The number of hydrogen-bond donors (Lipinski definition) is 3. The van der Waals surface area contributed by atoms with Gasteiger partial charge in [-0.3, -0.25) is 4.79 Å². The van der Waals surface area contributed by atoms with Gasteiger partial charge >= 0.3 is 0 Å². The van der Waals surface area contributed by atoms with Crippen LogP contribution in [0.4, 0.5) is 17.5 Å². The fourth-order valence-corrected chi connectivity index (χ4v) is 2.92. The topological polar surface area (TPSA) is 92.9 Å². The van der Waals surface area contributed by atoms with Gasteiger partial charge in [0.15, 0.2) is 0 Å². The van der Waals surface area contributed by atoms with Crippen molar-refractivity contribution in [2.75, 3.05) is 17.2 Å². The molecule has 3 aromatic rings. The van der Waals surface area contributed by atoms with Gasteiger partial charge in [0.05, 0.1) is 5.56 Å². The number of carbonyl (C=O) groups excluding carboxylic acids is 1. The molecule has 4 N–H and O–H groups in total. The van der Waals surface area contributed by atoms with Crippen LogP contribution in [0.3, 0.4) is 0 Å². The van der Waals surface area contributed by atoms with Crippen LogP contribution in [0.2, 0.25) is 0 Å². The van der Waals surface area contributed by atoms with Crippen LogP contribution in [0.25, 0.3) is 11.1 Å². The molecule has 1 aromatic carbocycles. The molecule has 0 unspecified atom stereocenters. The van der Waals surface area contributed by atoms with Crippen LogP contribution in [0, 0.1) is 0 Å².